The number of urea groups is 1. The maximum Gasteiger partial charge on any atom is 0.315 e. The van der Waals surface area contributed by atoms with Crippen molar-refractivity contribution in [1.82, 2.24) is 16.0 Å². The molecule has 23 heavy (non-hydrogen) atoms. The lowest BCUT2D eigenvalue weighted by Gasteiger charge is -2.53. The zero-order valence-electron chi connectivity index (χ0n) is 15.8. The van der Waals surface area contributed by atoms with Crippen LogP contribution in [0, 0.1) is 5.92 Å². The molecular weight excluding hydrogens is 286 g/mol. The minimum Gasteiger partial charge on any atom is -0.335 e. The maximum absolute atomic E-state index is 12.5. The van der Waals surface area contributed by atoms with Crippen LogP contribution >= 0.6 is 0 Å². The fraction of sp³-hybridized carbons (Fsp3) is 0.947. The molecule has 1 heterocycles. The fourth-order valence-electron chi connectivity index (χ4n) is 4.42. The second-order valence-electron chi connectivity index (χ2n) is 8.36. The van der Waals surface area contributed by atoms with Gasteiger partial charge in [-0.1, -0.05) is 40.0 Å². The molecule has 2 rings (SSSR count). The SMILES string of the molecule is CCC1(C)CC(NC(=O)NC2CCCCC2)C(C)C(C)(CC)N1. The molecule has 0 aromatic carbocycles. The largest absolute Gasteiger partial charge is 0.335 e. The number of hydrogen-bond acceptors (Lipinski definition) is 2. The molecule has 3 N–H and O–H groups in total. The standard InChI is InChI=1S/C19H37N3O/c1-6-18(4)13-16(14(3)19(5,7-2)22-18)21-17(23)20-15-11-9-8-10-12-15/h14-16,22H,6-13H2,1-5H3,(H2,20,21,23). The van der Waals surface area contributed by atoms with Crippen molar-refractivity contribution < 1.29 is 4.79 Å². The smallest absolute Gasteiger partial charge is 0.315 e. The van der Waals surface area contributed by atoms with Gasteiger partial charge >= 0.3 is 6.03 Å². The summed E-state index contributed by atoms with van der Waals surface area (Å²) >= 11 is 0. The van der Waals surface area contributed by atoms with Crippen molar-refractivity contribution in [3.63, 3.8) is 0 Å². The van der Waals surface area contributed by atoms with Crippen molar-refractivity contribution in [2.75, 3.05) is 0 Å². The van der Waals surface area contributed by atoms with Crippen molar-refractivity contribution in [2.24, 2.45) is 5.92 Å². The van der Waals surface area contributed by atoms with Crippen molar-refractivity contribution >= 4 is 6.03 Å². The number of carbonyl (C=O) groups is 1. The molecule has 2 fully saturated rings. The van der Waals surface area contributed by atoms with E-state index in [1.54, 1.807) is 0 Å². The Bertz CT molecular complexity index is 407. The highest BCUT2D eigenvalue weighted by Gasteiger charge is 2.46. The van der Waals surface area contributed by atoms with Crippen LogP contribution in [-0.4, -0.2) is 29.2 Å². The Morgan fingerprint density at radius 2 is 1.74 bits per heavy atom. The minimum atomic E-state index is 0.0348. The summed E-state index contributed by atoms with van der Waals surface area (Å²) in [5.41, 5.74) is 0.172. The zero-order chi connectivity index (χ0) is 17.1. The molecule has 2 amide bonds. The van der Waals surface area contributed by atoms with Crippen LogP contribution in [0.4, 0.5) is 4.79 Å². The van der Waals surface area contributed by atoms with Gasteiger partial charge in [-0.2, -0.15) is 0 Å². The van der Waals surface area contributed by atoms with Crippen molar-refractivity contribution in [3.05, 3.63) is 0 Å². The second-order valence-corrected chi connectivity index (χ2v) is 8.36. The van der Waals surface area contributed by atoms with E-state index in [2.05, 4.69) is 50.6 Å². The highest BCUT2D eigenvalue weighted by atomic mass is 16.2. The molecule has 4 heteroatoms. The number of rotatable bonds is 4. The molecular formula is C19H37N3O. The van der Waals surface area contributed by atoms with Gasteiger partial charge in [0, 0.05) is 23.2 Å². The predicted octanol–water partition coefficient (Wildman–Crippen LogP) is 3.95. The fourth-order valence-corrected chi connectivity index (χ4v) is 4.42. The summed E-state index contributed by atoms with van der Waals surface area (Å²) in [5.74, 6) is 0.421. The number of nitrogens with one attached hydrogen (secondary N) is 3. The van der Waals surface area contributed by atoms with E-state index in [0.29, 0.717) is 12.0 Å². The summed E-state index contributed by atoms with van der Waals surface area (Å²) in [6.45, 7) is 11.3. The van der Waals surface area contributed by atoms with E-state index in [1.165, 1.54) is 19.3 Å². The Labute approximate surface area is 142 Å². The van der Waals surface area contributed by atoms with Crippen LogP contribution < -0.4 is 16.0 Å². The summed E-state index contributed by atoms with van der Waals surface area (Å²) < 4.78 is 0. The summed E-state index contributed by atoms with van der Waals surface area (Å²) in [6, 6.07) is 0.637. The molecule has 1 saturated carbocycles. The number of hydrogen-bond donors (Lipinski definition) is 3. The summed E-state index contributed by atoms with van der Waals surface area (Å²) in [7, 11) is 0. The van der Waals surface area contributed by atoms with E-state index in [0.717, 1.165) is 32.1 Å². The topological polar surface area (TPSA) is 53.2 Å². The number of amides is 2. The normalized spacial score (nSPS) is 39.0. The summed E-state index contributed by atoms with van der Waals surface area (Å²) in [6.07, 6.45) is 9.23. The van der Waals surface area contributed by atoms with Gasteiger partial charge in [-0.05, 0) is 51.9 Å². The van der Waals surface area contributed by atoms with Gasteiger partial charge in [0.1, 0.15) is 0 Å². The molecule has 4 unspecified atom stereocenters. The lowest BCUT2D eigenvalue weighted by atomic mass is 9.69. The molecule has 1 aliphatic carbocycles. The Morgan fingerprint density at radius 1 is 1.09 bits per heavy atom. The van der Waals surface area contributed by atoms with Gasteiger partial charge in [-0.15, -0.1) is 0 Å². The summed E-state index contributed by atoms with van der Waals surface area (Å²) in [5, 5.41) is 10.4. The average molecular weight is 324 g/mol. The Morgan fingerprint density at radius 3 is 2.30 bits per heavy atom. The molecule has 1 saturated heterocycles. The maximum atomic E-state index is 12.5. The van der Waals surface area contributed by atoms with E-state index in [1.807, 2.05) is 0 Å². The van der Waals surface area contributed by atoms with E-state index in [-0.39, 0.29) is 23.2 Å². The van der Waals surface area contributed by atoms with Gasteiger partial charge in [0.25, 0.3) is 0 Å². The van der Waals surface area contributed by atoms with Crippen LogP contribution in [0.2, 0.25) is 0 Å². The number of piperidine rings is 1. The zero-order valence-corrected chi connectivity index (χ0v) is 15.8. The second kappa shape index (κ2) is 7.42. The molecule has 2 aliphatic rings. The lowest BCUT2D eigenvalue weighted by Crippen LogP contribution is -2.69. The third-order valence-corrected chi connectivity index (χ3v) is 6.64. The van der Waals surface area contributed by atoms with Gasteiger partial charge < -0.3 is 16.0 Å². The van der Waals surface area contributed by atoms with Gasteiger partial charge in [0.2, 0.25) is 0 Å². The highest BCUT2D eigenvalue weighted by molar-refractivity contribution is 5.74. The number of carbonyl (C=O) groups excluding carboxylic acids is 1. The molecule has 0 spiro atoms. The first kappa shape index (κ1) is 18.6. The van der Waals surface area contributed by atoms with Crippen LogP contribution in [0.25, 0.3) is 0 Å². The van der Waals surface area contributed by atoms with Crippen molar-refractivity contribution in [3.8, 4) is 0 Å². The highest BCUT2D eigenvalue weighted by Crippen LogP contribution is 2.37. The van der Waals surface area contributed by atoms with Crippen LogP contribution in [0.5, 0.6) is 0 Å². The Kier molecular flexibility index (Phi) is 5.99. The van der Waals surface area contributed by atoms with E-state index in [9.17, 15) is 4.79 Å². The third kappa shape index (κ3) is 4.40. The van der Waals surface area contributed by atoms with Crippen molar-refractivity contribution in [1.29, 1.82) is 0 Å². The van der Waals surface area contributed by atoms with Gasteiger partial charge in [0.15, 0.2) is 0 Å². The van der Waals surface area contributed by atoms with Gasteiger partial charge in [-0.3, -0.25) is 0 Å². The molecule has 0 aromatic heterocycles. The van der Waals surface area contributed by atoms with Gasteiger partial charge in [0.05, 0.1) is 0 Å². The van der Waals surface area contributed by atoms with Gasteiger partial charge in [-0.25, -0.2) is 4.79 Å². The molecule has 4 atom stereocenters. The molecule has 0 bridgehead atoms. The molecule has 0 aromatic rings. The molecule has 0 radical (unpaired) electrons. The predicted molar refractivity (Wildman–Crippen MR) is 96.6 cm³/mol. The summed E-state index contributed by atoms with van der Waals surface area (Å²) in [4.78, 5) is 12.5. The average Bonchev–Trinajstić information content (AvgIpc) is 2.53. The van der Waals surface area contributed by atoms with Crippen molar-refractivity contribution in [2.45, 2.75) is 109 Å². The molecule has 1 aliphatic heterocycles. The monoisotopic (exact) mass is 323 g/mol. The van der Waals surface area contributed by atoms with Crippen LogP contribution in [0.15, 0.2) is 0 Å². The van der Waals surface area contributed by atoms with Crippen LogP contribution in [0.3, 0.4) is 0 Å². The van der Waals surface area contributed by atoms with Crippen LogP contribution in [-0.2, 0) is 0 Å². The minimum absolute atomic E-state index is 0.0348. The first-order valence-corrected chi connectivity index (χ1v) is 9.68. The first-order valence-electron chi connectivity index (χ1n) is 9.68. The van der Waals surface area contributed by atoms with E-state index < -0.39 is 0 Å². The van der Waals surface area contributed by atoms with E-state index >= 15 is 0 Å². The molecule has 4 nitrogen and oxygen atoms in total. The first-order chi connectivity index (χ1) is 10.8. The quantitative estimate of drug-likeness (QED) is 0.733. The Balaban J connectivity index is 1.99. The third-order valence-electron chi connectivity index (χ3n) is 6.64. The Hall–Kier alpha value is -0.770. The molecule has 134 valence electrons. The van der Waals surface area contributed by atoms with E-state index in [4.69, 9.17) is 0 Å². The van der Waals surface area contributed by atoms with Crippen LogP contribution in [0.1, 0.15) is 86.0 Å². The lowest BCUT2D eigenvalue weighted by molar-refractivity contribution is 0.0621.